The molecule has 1 N–H and O–H groups in total. The van der Waals surface area contributed by atoms with Gasteiger partial charge in [-0.15, -0.1) is 0 Å². The Hall–Kier alpha value is -3.98. The van der Waals surface area contributed by atoms with Crippen molar-refractivity contribution in [2.75, 3.05) is 13.6 Å². The predicted molar refractivity (Wildman–Crippen MR) is 134 cm³/mol. The fraction of sp³-hybridized carbons (Fsp3) is 0.250. The number of aromatic nitrogens is 2. The maximum Gasteiger partial charge on any atom is 0.417 e. The predicted octanol–water partition coefficient (Wildman–Crippen LogP) is 6.53. The number of rotatable bonds is 7. The minimum atomic E-state index is -4.58. The summed E-state index contributed by atoms with van der Waals surface area (Å²) in [7, 11) is 1.72. The van der Waals surface area contributed by atoms with Crippen LogP contribution in [0.2, 0.25) is 0 Å². The van der Waals surface area contributed by atoms with Gasteiger partial charge in [-0.1, -0.05) is 47.6 Å². The summed E-state index contributed by atoms with van der Waals surface area (Å²) in [6.45, 7) is 5.94. The zero-order valence-electron chi connectivity index (χ0n) is 20.8. The molecule has 0 aliphatic rings. The molecule has 4 aromatic rings. The molecule has 0 saturated carbocycles. The first-order valence-electron chi connectivity index (χ1n) is 11.6. The van der Waals surface area contributed by atoms with Crippen LogP contribution in [-0.4, -0.2) is 39.7 Å². The summed E-state index contributed by atoms with van der Waals surface area (Å²) in [6.07, 6.45) is -4.58. The van der Waals surface area contributed by atoms with E-state index in [1.807, 2.05) is 26.0 Å². The van der Waals surface area contributed by atoms with E-state index in [-0.39, 0.29) is 29.4 Å². The molecule has 37 heavy (non-hydrogen) atoms. The first kappa shape index (κ1) is 26.1. The van der Waals surface area contributed by atoms with Gasteiger partial charge in [0.05, 0.1) is 12.1 Å². The van der Waals surface area contributed by atoms with Crippen molar-refractivity contribution in [3.63, 3.8) is 0 Å². The molecular weight excluding hydrogens is 483 g/mol. The van der Waals surface area contributed by atoms with Gasteiger partial charge in [0, 0.05) is 17.7 Å². The van der Waals surface area contributed by atoms with E-state index >= 15 is 0 Å². The zero-order valence-corrected chi connectivity index (χ0v) is 20.8. The number of carboxylic acid groups (broad SMARTS) is 1. The Morgan fingerprint density at radius 1 is 0.973 bits per heavy atom. The number of carboxylic acids is 1. The Balaban J connectivity index is 1.68. The second kappa shape index (κ2) is 10.2. The van der Waals surface area contributed by atoms with Crippen molar-refractivity contribution in [3.05, 3.63) is 82.4 Å². The SMILES string of the molecule is Cc1ccccc1-c1ccc(-c2nc(-c3ccc(CN(C)CC(=O)O)c(C)c3C)no2)cc1C(F)(F)F. The first-order chi connectivity index (χ1) is 17.5. The molecule has 0 unspecified atom stereocenters. The van der Waals surface area contributed by atoms with Crippen LogP contribution in [0.1, 0.15) is 27.8 Å². The summed E-state index contributed by atoms with van der Waals surface area (Å²) in [5.74, 6) is -0.662. The summed E-state index contributed by atoms with van der Waals surface area (Å²) in [4.78, 5) is 17.0. The largest absolute Gasteiger partial charge is 0.480 e. The van der Waals surface area contributed by atoms with Gasteiger partial charge in [0.2, 0.25) is 5.82 Å². The Morgan fingerprint density at radius 3 is 2.35 bits per heavy atom. The molecule has 0 amide bonds. The molecule has 0 spiro atoms. The molecule has 6 nitrogen and oxygen atoms in total. The number of alkyl halides is 3. The molecule has 1 aromatic heterocycles. The van der Waals surface area contributed by atoms with Crippen LogP contribution in [-0.2, 0) is 17.5 Å². The fourth-order valence-electron chi connectivity index (χ4n) is 4.34. The van der Waals surface area contributed by atoms with Crippen LogP contribution in [0.3, 0.4) is 0 Å². The molecular formula is C28H26F3N3O3. The lowest BCUT2D eigenvalue weighted by molar-refractivity contribution is -0.138. The van der Waals surface area contributed by atoms with Crippen LogP contribution in [0.15, 0.2) is 59.1 Å². The Kier molecular flexibility index (Phi) is 7.18. The average molecular weight is 510 g/mol. The molecule has 0 aliphatic carbocycles. The number of aliphatic carboxylic acids is 1. The van der Waals surface area contributed by atoms with Crippen molar-refractivity contribution >= 4 is 5.97 Å². The van der Waals surface area contributed by atoms with Gasteiger partial charge in [-0.3, -0.25) is 9.69 Å². The maximum absolute atomic E-state index is 14.0. The van der Waals surface area contributed by atoms with Crippen LogP contribution in [0.25, 0.3) is 34.0 Å². The highest BCUT2D eigenvalue weighted by Crippen LogP contribution is 2.40. The van der Waals surface area contributed by atoms with Crippen LogP contribution < -0.4 is 0 Å². The first-order valence-corrected chi connectivity index (χ1v) is 11.6. The summed E-state index contributed by atoms with van der Waals surface area (Å²) in [6, 6.07) is 14.6. The van der Waals surface area contributed by atoms with Gasteiger partial charge in [-0.05, 0) is 73.3 Å². The van der Waals surface area contributed by atoms with Gasteiger partial charge in [-0.2, -0.15) is 18.2 Å². The van der Waals surface area contributed by atoms with E-state index in [4.69, 9.17) is 9.63 Å². The second-order valence-electron chi connectivity index (χ2n) is 9.08. The van der Waals surface area contributed by atoms with Gasteiger partial charge in [0.25, 0.3) is 5.89 Å². The van der Waals surface area contributed by atoms with Gasteiger partial charge in [0.15, 0.2) is 0 Å². The Morgan fingerprint density at radius 2 is 1.68 bits per heavy atom. The van der Waals surface area contributed by atoms with Crippen LogP contribution in [0, 0.1) is 20.8 Å². The third-order valence-electron chi connectivity index (χ3n) is 6.42. The number of hydrogen-bond acceptors (Lipinski definition) is 5. The maximum atomic E-state index is 14.0. The zero-order chi connectivity index (χ0) is 26.9. The third-order valence-corrected chi connectivity index (χ3v) is 6.42. The molecule has 192 valence electrons. The minimum Gasteiger partial charge on any atom is -0.480 e. The number of nitrogens with zero attached hydrogens (tertiary/aromatic N) is 3. The number of carbonyl (C=O) groups is 1. The van der Waals surface area contributed by atoms with Crippen molar-refractivity contribution < 1.29 is 27.6 Å². The quantitative estimate of drug-likeness (QED) is 0.305. The smallest absolute Gasteiger partial charge is 0.417 e. The molecule has 9 heteroatoms. The summed E-state index contributed by atoms with van der Waals surface area (Å²) in [5, 5.41) is 13.0. The average Bonchev–Trinajstić information content (AvgIpc) is 3.31. The highest BCUT2D eigenvalue weighted by Gasteiger charge is 2.35. The van der Waals surface area contributed by atoms with E-state index in [1.165, 1.54) is 6.07 Å². The van der Waals surface area contributed by atoms with Gasteiger partial charge < -0.3 is 9.63 Å². The molecule has 0 bridgehead atoms. The Bertz CT molecular complexity index is 1460. The topological polar surface area (TPSA) is 79.5 Å². The molecule has 0 atom stereocenters. The molecule has 1 heterocycles. The number of benzene rings is 3. The molecule has 0 saturated heterocycles. The highest BCUT2D eigenvalue weighted by atomic mass is 19.4. The van der Waals surface area contributed by atoms with Gasteiger partial charge >= 0.3 is 12.1 Å². The summed E-state index contributed by atoms with van der Waals surface area (Å²) < 4.78 is 47.4. The molecule has 4 rings (SSSR count). The minimum absolute atomic E-state index is 0.0147. The normalized spacial score (nSPS) is 11.8. The monoisotopic (exact) mass is 509 g/mol. The summed E-state index contributed by atoms with van der Waals surface area (Å²) >= 11 is 0. The Labute approximate surface area is 212 Å². The van der Waals surface area contributed by atoms with Crippen LogP contribution >= 0.6 is 0 Å². The van der Waals surface area contributed by atoms with Crippen LogP contribution in [0.5, 0.6) is 0 Å². The van der Waals surface area contributed by atoms with E-state index in [0.29, 0.717) is 17.7 Å². The second-order valence-corrected chi connectivity index (χ2v) is 9.08. The lowest BCUT2D eigenvalue weighted by Crippen LogP contribution is -2.25. The third kappa shape index (κ3) is 5.56. The standard InChI is InChI=1S/C28H26F3N3O3/c1-16-7-5-6-8-21(16)23-12-9-19(13-24(23)28(29,30)31)27-32-26(33-37-27)22-11-10-20(17(2)18(22)3)14-34(4)15-25(35)36/h5-13H,14-15H2,1-4H3,(H,35,36). The van der Waals surface area contributed by atoms with E-state index in [1.54, 1.807) is 49.2 Å². The molecule has 0 aliphatic heterocycles. The molecule has 0 radical (unpaired) electrons. The van der Waals surface area contributed by atoms with Crippen molar-refractivity contribution in [1.82, 2.24) is 15.0 Å². The van der Waals surface area contributed by atoms with E-state index in [9.17, 15) is 18.0 Å². The van der Waals surface area contributed by atoms with Crippen molar-refractivity contribution in [2.24, 2.45) is 0 Å². The number of aryl methyl sites for hydroxylation is 1. The van der Waals surface area contributed by atoms with Crippen molar-refractivity contribution in [3.8, 4) is 34.0 Å². The van der Waals surface area contributed by atoms with Crippen molar-refractivity contribution in [2.45, 2.75) is 33.5 Å². The molecule has 3 aromatic carbocycles. The van der Waals surface area contributed by atoms with E-state index < -0.39 is 17.7 Å². The highest BCUT2D eigenvalue weighted by molar-refractivity contribution is 5.75. The fourth-order valence-corrected chi connectivity index (χ4v) is 4.34. The van der Waals surface area contributed by atoms with E-state index in [2.05, 4.69) is 10.1 Å². The number of likely N-dealkylation sites (N-methyl/N-ethyl adjacent to an activating group) is 1. The van der Waals surface area contributed by atoms with Crippen molar-refractivity contribution in [1.29, 1.82) is 0 Å². The lowest BCUT2D eigenvalue weighted by atomic mass is 9.94. The van der Waals surface area contributed by atoms with Gasteiger partial charge in [0.1, 0.15) is 0 Å². The summed E-state index contributed by atoms with van der Waals surface area (Å²) in [5.41, 5.74) is 4.19. The molecule has 0 fully saturated rings. The van der Waals surface area contributed by atoms with Crippen LogP contribution in [0.4, 0.5) is 13.2 Å². The number of halogens is 3. The lowest BCUT2D eigenvalue weighted by Gasteiger charge is -2.17. The van der Waals surface area contributed by atoms with Gasteiger partial charge in [-0.25, -0.2) is 0 Å². The van der Waals surface area contributed by atoms with E-state index in [0.717, 1.165) is 28.3 Å². The number of hydrogen-bond donors (Lipinski definition) is 1.